The topological polar surface area (TPSA) is 50.3 Å². The van der Waals surface area contributed by atoms with Crippen LogP contribution in [0.1, 0.15) is 35.1 Å². The molecule has 0 radical (unpaired) electrons. The van der Waals surface area contributed by atoms with E-state index >= 15 is 0 Å². The Morgan fingerprint density at radius 1 is 1.21 bits per heavy atom. The van der Waals surface area contributed by atoms with Gasteiger partial charge < -0.3 is 15.0 Å². The van der Waals surface area contributed by atoms with Crippen LogP contribution in [0, 0.1) is 6.92 Å². The van der Waals surface area contributed by atoms with Gasteiger partial charge in [0.2, 0.25) is 0 Å². The predicted octanol–water partition coefficient (Wildman–Crippen LogP) is 3.92. The van der Waals surface area contributed by atoms with Crippen LogP contribution in [0.5, 0.6) is 0 Å². The zero-order valence-electron chi connectivity index (χ0n) is 16.6. The van der Waals surface area contributed by atoms with E-state index in [9.17, 15) is 13.2 Å². The normalized spacial score (nSPS) is 22.6. The fourth-order valence-electron chi connectivity index (χ4n) is 4.24. The minimum Gasteiger partial charge on any atom is -0.376 e. The summed E-state index contributed by atoms with van der Waals surface area (Å²) in [7, 11) is 1.89. The number of nitrogens with zero attached hydrogens (tertiary/aromatic N) is 3. The van der Waals surface area contributed by atoms with Gasteiger partial charge in [0.1, 0.15) is 6.17 Å². The van der Waals surface area contributed by atoms with Crippen molar-refractivity contribution in [2.24, 2.45) is 0 Å². The number of ether oxygens (including phenoxy) is 1. The SMILES string of the molecule is Cc1ccc(-c2nnc(N[C@@H]3C[C@@H](F)CN(C)C3)c3c2COCC3)c(C(F)F)c1. The van der Waals surface area contributed by atoms with Crippen molar-refractivity contribution in [3.05, 3.63) is 40.5 Å². The summed E-state index contributed by atoms with van der Waals surface area (Å²) >= 11 is 0. The molecule has 0 bridgehead atoms. The number of aromatic nitrogens is 2. The first-order valence-electron chi connectivity index (χ1n) is 9.86. The second-order valence-electron chi connectivity index (χ2n) is 7.94. The second kappa shape index (κ2) is 8.28. The lowest BCUT2D eigenvalue weighted by Gasteiger charge is -2.33. The van der Waals surface area contributed by atoms with Crippen molar-refractivity contribution in [2.75, 3.05) is 32.1 Å². The predicted molar refractivity (Wildman–Crippen MR) is 105 cm³/mol. The average Bonchev–Trinajstić information content (AvgIpc) is 2.68. The Balaban J connectivity index is 1.72. The van der Waals surface area contributed by atoms with Crippen LogP contribution in [0.4, 0.5) is 19.0 Å². The molecule has 0 amide bonds. The van der Waals surface area contributed by atoms with Gasteiger partial charge in [0.25, 0.3) is 6.43 Å². The Bertz CT molecular complexity index is 882. The summed E-state index contributed by atoms with van der Waals surface area (Å²) in [6.45, 7) is 3.74. The van der Waals surface area contributed by atoms with Gasteiger partial charge in [0.15, 0.2) is 5.82 Å². The van der Waals surface area contributed by atoms with Gasteiger partial charge in [-0.1, -0.05) is 17.7 Å². The molecular weight excluding hydrogens is 381 g/mol. The number of aryl methyl sites for hydroxylation is 1. The van der Waals surface area contributed by atoms with E-state index in [1.807, 2.05) is 11.9 Å². The molecule has 8 heteroatoms. The molecule has 5 nitrogen and oxygen atoms in total. The van der Waals surface area contributed by atoms with Crippen molar-refractivity contribution >= 4 is 5.82 Å². The van der Waals surface area contributed by atoms with Crippen LogP contribution < -0.4 is 5.32 Å². The fraction of sp³-hybridized carbons (Fsp3) is 0.524. The lowest BCUT2D eigenvalue weighted by atomic mass is 9.94. The maximum atomic E-state index is 14.0. The molecule has 1 saturated heterocycles. The number of fused-ring (bicyclic) bond motifs is 1. The Morgan fingerprint density at radius 3 is 2.79 bits per heavy atom. The van der Waals surface area contributed by atoms with E-state index in [1.165, 1.54) is 6.07 Å². The van der Waals surface area contributed by atoms with Crippen molar-refractivity contribution in [3.8, 4) is 11.3 Å². The molecule has 2 aliphatic rings. The number of alkyl halides is 3. The number of nitrogens with one attached hydrogen (secondary N) is 1. The number of anilines is 1. The molecule has 0 spiro atoms. The first-order valence-corrected chi connectivity index (χ1v) is 9.86. The monoisotopic (exact) mass is 406 g/mol. The second-order valence-corrected chi connectivity index (χ2v) is 7.94. The molecule has 0 saturated carbocycles. The van der Waals surface area contributed by atoms with Crippen LogP contribution in [0.25, 0.3) is 11.3 Å². The molecule has 2 aromatic rings. The van der Waals surface area contributed by atoms with Crippen LogP contribution in [-0.4, -0.2) is 54.1 Å². The van der Waals surface area contributed by atoms with Crippen molar-refractivity contribution in [1.29, 1.82) is 0 Å². The van der Waals surface area contributed by atoms with E-state index in [4.69, 9.17) is 4.74 Å². The molecule has 1 aromatic carbocycles. The quantitative estimate of drug-likeness (QED) is 0.834. The van der Waals surface area contributed by atoms with E-state index in [0.717, 1.165) is 16.7 Å². The highest BCUT2D eigenvalue weighted by Gasteiger charge is 2.28. The van der Waals surface area contributed by atoms with Crippen molar-refractivity contribution in [1.82, 2.24) is 15.1 Å². The summed E-state index contributed by atoms with van der Waals surface area (Å²) in [5.74, 6) is 0.602. The number of likely N-dealkylation sites (N-methyl/N-ethyl adjacent to an activating group) is 1. The third-order valence-corrected chi connectivity index (χ3v) is 5.55. The van der Waals surface area contributed by atoms with Gasteiger partial charge in [0, 0.05) is 47.8 Å². The molecule has 0 unspecified atom stereocenters. The lowest BCUT2D eigenvalue weighted by molar-refractivity contribution is 0.110. The van der Waals surface area contributed by atoms with Crippen molar-refractivity contribution in [2.45, 2.75) is 45.0 Å². The molecule has 1 N–H and O–H groups in total. The highest BCUT2D eigenvalue weighted by molar-refractivity contribution is 5.71. The number of benzene rings is 1. The van der Waals surface area contributed by atoms with Gasteiger partial charge in [-0.2, -0.15) is 0 Å². The van der Waals surface area contributed by atoms with E-state index in [0.29, 0.717) is 56.2 Å². The van der Waals surface area contributed by atoms with Crippen molar-refractivity contribution in [3.63, 3.8) is 0 Å². The number of likely N-dealkylation sites (tertiary alicyclic amines) is 1. The Hall–Kier alpha value is -2.19. The van der Waals surface area contributed by atoms with Gasteiger partial charge in [-0.25, -0.2) is 13.2 Å². The maximum absolute atomic E-state index is 14.0. The zero-order chi connectivity index (χ0) is 20.5. The standard InChI is InChI=1S/C21H25F3N4O/c1-12-3-4-15(17(7-12)20(23)24)19-18-11-29-6-5-16(18)21(27-26-19)25-14-8-13(22)9-28(2)10-14/h3-4,7,13-14,20H,5-6,8-11H2,1-2H3,(H,25,27)/t13-,14-/m1/s1. The Kier molecular flexibility index (Phi) is 5.74. The Labute approximate surface area is 168 Å². The minimum absolute atomic E-state index is 0.0537. The third kappa shape index (κ3) is 4.23. The van der Waals surface area contributed by atoms with E-state index in [2.05, 4.69) is 15.5 Å². The molecule has 2 atom stereocenters. The number of rotatable bonds is 4. The van der Waals surface area contributed by atoms with Crippen molar-refractivity contribution < 1.29 is 17.9 Å². The molecule has 4 rings (SSSR count). The highest BCUT2D eigenvalue weighted by atomic mass is 19.3. The molecular formula is C21H25F3N4O. The van der Waals surface area contributed by atoms with Crippen LogP contribution in [0.15, 0.2) is 18.2 Å². The lowest BCUT2D eigenvalue weighted by Crippen LogP contribution is -2.45. The summed E-state index contributed by atoms with van der Waals surface area (Å²) in [5.41, 5.74) is 3.23. The molecule has 2 aliphatic heterocycles. The summed E-state index contributed by atoms with van der Waals surface area (Å²) in [4.78, 5) is 1.95. The smallest absolute Gasteiger partial charge is 0.264 e. The molecule has 3 heterocycles. The van der Waals surface area contributed by atoms with Gasteiger partial charge in [-0.05, 0) is 26.5 Å². The van der Waals surface area contributed by atoms with Gasteiger partial charge in [-0.3, -0.25) is 0 Å². The minimum atomic E-state index is -2.61. The number of piperidine rings is 1. The number of halogens is 3. The summed E-state index contributed by atoms with van der Waals surface area (Å²) in [6, 6.07) is 4.88. The van der Waals surface area contributed by atoms with Gasteiger partial charge >= 0.3 is 0 Å². The molecule has 156 valence electrons. The first kappa shape index (κ1) is 20.1. The molecule has 29 heavy (non-hydrogen) atoms. The fourth-order valence-corrected chi connectivity index (χ4v) is 4.24. The summed E-state index contributed by atoms with van der Waals surface area (Å²) in [6.07, 6.45) is -2.48. The maximum Gasteiger partial charge on any atom is 0.264 e. The Morgan fingerprint density at radius 2 is 2.03 bits per heavy atom. The first-order chi connectivity index (χ1) is 13.9. The van der Waals surface area contributed by atoms with E-state index in [1.54, 1.807) is 19.1 Å². The van der Waals surface area contributed by atoms with Crippen LogP contribution in [0.3, 0.4) is 0 Å². The molecule has 1 aromatic heterocycles. The average molecular weight is 406 g/mol. The summed E-state index contributed by atoms with van der Waals surface area (Å²) in [5, 5.41) is 12.0. The van der Waals surface area contributed by atoms with E-state index in [-0.39, 0.29) is 11.6 Å². The zero-order valence-corrected chi connectivity index (χ0v) is 16.6. The van der Waals surface area contributed by atoms with Crippen LogP contribution in [0.2, 0.25) is 0 Å². The number of hydrogen-bond acceptors (Lipinski definition) is 5. The molecule has 0 aliphatic carbocycles. The molecule has 1 fully saturated rings. The summed E-state index contributed by atoms with van der Waals surface area (Å²) < 4.78 is 46.9. The van der Waals surface area contributed by atoms with E-state index < -0.39 is 12.6 Å². The van der Waals surface area contributed by atoms with Gasteiger partial charge in [0.05, 0.1) is 18.9 Å². The number of hydrogen-bond donors (Lipinski definition) is 1. The third-order valence-electron chi connectivity index (χ3n) is 5.55. The highest BCUT2D eigenvalue weighted by Crippen LogP contribution is 2.36. The van der Waals surface area contributed by atoms with Crippen LogP contribution in [-0.2, 0) is 17.8 Å². The largest absolute Gasteiger partial charge is 0.376 e. The van der Waals surface area contributed by atoms with Gasteiger partial charge in [-0.15, -0.1) is 10.2 Å². The van der Waals surface area contributed by atoms with Crippen LogP contribution >= 0.6 is 0 Å².